The van der Waals surface area contributed by atoms with E-state index in [1.165, 1.54) is 11.3 Å². The first kappa shape index (κ1) is 14.6. The molecule has 1 heterocycles. The van der Waals surface area contributed by atoms with Crippen LogP contribution in [0.25, 0.3) is 0 Å². The number of hydrogen-bond acceptors (Lipinski definition) is 3. The molecule has 1 aromatic carbocycles. The molecule has 2 atom stereocenters. The zero-order valence-electron chi connectivity index (χ0n) is 11.7. The van der Waals surface area contributed by atoms with Gasteiger partial charge in [-0.15, -0.1) is 0 Å². The molecule has 1 aromatic rings. The minimum absolute atomic E-state index is 0.139. The second-order valence-corrected chi connectivity index (χ2v) is 5.74. The molecule has 0 aliphatic carbocycles. The number of halogens is 1. The lowest BCUT2D eigenvalue weighted by atomic mass is 10.0. The van der Waals surface area contributed by atoms with E-state index in [4.69, 9.17) is 22.1 Å². The minimum Gasteiger partial charge on any atom is -0.375 e. The van der Waals surface area contributed by atoms with Crippen LogP contribution in [0.4, 0.5) is 5.69 Å². The average Bonchev–Trinajstić information content (AvgIpc) is 2.38. The number of nitrogens with zero attached hydrogens (tertiary/aromatic N) is 1. The van der Waals surface area contributed by atoms with Crippen molar-refractivity contribution in [1.82, 2.24) is 0 Å². The standard InChI is InChI=1S/C15H23ClN2O/c1-3-14-10-18(6-7-19-14)15-5-4-13(16)9-12(15)8-11(2)17/h4-5,9,11,14H,3,6-8,10,17H2,1-2H3. The molecule has 1 saturated heterocycles. The van der Waals surface area contributed by atoms with Gasteiger partial charge in [-0.1, -0.05) is 18.5 Å². The molecule has 106 valence electrons. The highest BCUT2D eigenvalue weighted by atomic mass is 35.5. The van der Waals surface area contributed by atoms with Crippen LogP contribution in [0, 0.1) is 0 Å². The molecule has 2 N–H and O–H groups in total. The molecule has 1 aliphatic heterocycles. The highest BCUT2D eigenvalue weighted by molar-refractivity contribution is 6.30. The summed E-state index contributed by atoms with van der Waals surface area (Å²) in [5, 5.41) is 0.778. The van der Waals surface area contributed by atoms with Crippen molar-refractivity contribution in [3.8, 4) is 0 Å². The van der Waals surface area contributed by atoms with E-state index >= 15 is 0 Å². The summed E-state index contributed by atoms with van der Waals surface area (Å²) in [4.78, 5) is 2.39. The monoisotopic (exact) mass is 282 g/mol. The highest BCUT2D eigenvalue weighted by Gasteiger charge is 2.21. The van der Waals surface area contributed by atoms with Gasteiger partial charge in [0.25, 0.3) is 0 Å². The fraction of sp³-hybridized carbons (Fsp3) is 0.600. The van der Waals surface area contributed by atoms with Crippen molar-refractivity contribution in [3.63, 3.8) is 0 Å². The first-order chi connectivity index (χ1) is 9.10. The summed E-state index contributed by atoms with van der Waals surface area (Å²) in [6, 6.07) is 6.24. The van der Waals surface area contributed by atoms with Crippen LogP contribution in [0.15, 0.2) is 18.2 Å². The third-order valence-electron chi connectivity index (χ3n) is 3.52. The summed E-state index contributed by atoms with van der Waals surface area (Å²) < 4.78 is 5.73. The number of ether oxygens (including phenoxy) is 1. The second-order valence-electron chi connectivity index (χ2n) is 5.30. The van der Waals surface area contributed by atoms with Gasteiger partial charge in [0.2, 0.25) is 0 Å². The van der Waals surface area contributed by atoms with Crippen LogP contribution in [0.3, 0.4) is 0 Å². The summed E-state index contributed by atoms with van der Waals surface area (Å²) in [6.07, 6.45) is 2.23. The maximum atomic E-state index is 6.11. The van der Waals surface area contributed by atoms with Gasteiger partial charge in [0.15, 0.2) is 0 Å². The fourth-order valence-electron chi connectivity index (χ4n) is 2.56. The van der Waals surface area contributed by atoms with Crippen molar-refractivity contribution < 1.29 is 4.74 Å². The van der Waals surface area contributed by atoms with Gasteiger partial charge in [0, 0.05) is 29.8 Å². The Labute approximate surface area is 120 Å². The lowest BCUT2D eigenvalue weighted by Crippen LogP contribution is -2.42. The van der Waals surface area contributed by atoms with Crippen molar-refractivity contribution in [2.45, 2.75) is 38.8 Å². The topological polar surface area (TPSA) is 38.5 Å². The highest BCUT2D eigenvalue weighted by Crippen LogP contribution is 2.27. The molecule has 1 aliphatic rings. The normalized spacial score (nSPS) is 21.5. The van der Waals surface area contributed by atoms with Crippen LogP contribution in [-0.4, -0.2) is 31.8 Å². The minimum atomic E-state index is 0.139. The van der Waals surface area contributed by atoms with E-state index in [1.807, 2.05) is 19.1 Å². The summed E-state index contributed by atoms with van der Waals surface area (Å²) in [6.45, 7) is 6.87. The Morgan fingerprint density at radius 1 is 1.53 bits per heavy atom. The Balaban J connectivity index is 2.22. The number of benzene rings is 1. The van der Waals surface area contributed by atoms with Gasteiger partial charge in [-0.25, -0.2) is 0 Å². The van der Waals surface area contributed by atoms with Crippen LogP contribution in [0.5, 0.6) is 0 Å². The van der Waals surface area contributed by atoms with Crippen LogP contribution >= 0.6 is 11.6 Å². The largest absolute Gasteiger partial charge is 0.375 e. The van der Waals surface area contributed by atoms with Crippen LogP contribution < -0.4 is 10.6 Å². The number of nitrogens with two attached hydrogens (primary N) is 1. The molecule has 0 saturated carbocycles. The molecular formula is C15H23ClN2O. The van der Waals surface area contributed by atoms with Gasteiger partial charge in [-0.2, -0.15) is 0 Å². The van der Waals surface area contributed by atoms with E-state index in [2.05, 4.69) is 17.9 Å². The molecule has 19 heavy (non-hydrogen) atoms. The first-order valence-electron chi connectivity index (χ1n) is 7.00. The van der Waals surface area contributed by atoms with E-state index < -0.39 is 0 Å². The molecular weight excluding hydrogens is 260 g/mol. The number of anilines is 1. The Kier molecular flexibility index (Phi) is 5.08. The van der Waals surface area contributed by atoms with Crippen LogP contribution in [0.2, 0.25) is 5.02 Å². The van der Waals surface area contributed by atoms with Gasteiger partial charge in [0.05, 0.1) is 12.7 Å². The van der Waals surface area contributed by atoms with Crippen LogP contribution in [0.1, 0.15) is 25.8 Å². The molecule has 2 unspecified atom stereocenters. The van der Waals surface area contributed by atoms with E-state index in [-0.39, 0.29) is 6.04 Å². The zero-order chi connectivity index (χ0) is 13.8. The third kappa shape index (κ3) is 3.85. The van der Waals surface area contributed by atoms with Gasteiger partial charge in [0.1, 0.15) is 0 Å². The van der Waals surface area contributed by atoms with Gasteiger partial charge in [-0.05, 0) is 43.5 Å². The molecule has 3 nitrogen and oxygen atoms in total. The second kappa shape index (κ2) is 6.60. The summed E-state index contributed by atoms with van der Waals surface area (Å²) in [5.41, 5.74) is 8.43. The molecule has 0 bridgehead atoms. The number of hydrogen-bond donors (Lipinski definition) is 1. The zero-order valence-corrected chi connectivity index (χ0v) is 12.5. The smallest absolute Gasteiger partial charge is 0.0748 e. The summed E-state index contributed by atoms with van der Waals surface area (Å²) in [7, 11) is 0. The SMILES string of the molecule is CCC1CN(c2ccc(Cl)cc2CC(C)N)CCO1. The molecule has 0 amide bonds. The van der Waals surface area contributed by atoms with Gasteiger partial charge in [-0.3, -0.25) is 0 Å². The van der Waals surface area contributed by atoms with Gasteiger partial charge < -0.3 is 15.4 Å². The fourth-order valence-corrected chi connectivity index (χ4v) is 2.75. The Morgan fingerprint density at radius 3 is 3.00 bits per heavy atom. The lowest BCUT2D eigenvalue weighted by molar-refractivity contribution is 0.0384. The maximum Gasteiger partial charge on any atom is 0.0748 e. The van der Waals surface area contributed by atoms with Gasteiger partial charge >= 0.3 is 0 Å². The molecule has 0 radical (unpaired) electrons. The Bertz CT molecular complexity index is 423. The summed E-state index contributed by atoms with van der Waals surface area (Å²) in [5.74, 6) is 0. The van der Waals surface area contributed by atoms with Crippen molar-refractivity contribution in [2.75, 3.05) is 24.6 Å². The molecule has 4 heteroatoms. The number of rotatable bonds is 4. The van der Waals surface area contributed by atoms with E-state index in [1.54, 1.807) is 0 Å². The quantitative estimate of drug-likeness (QED) is 0.923. The Hall–Kier alpha value is -0.770. The van der Waals surface area contributed by atoms with Crippen molar-refractivity contribution in [1.29, 1.82) is 0 Å². The Morgan fingerprint density at radius 2 is 2.32 bits per heavy atom. The molecule has 0 aromatic heterocycles. The lowest BCUT2D eigenvalue weighted by Gasteiger charge is -2.35. The van der Waals surface area contributed by atoms with E-state index in [0.717, 1.165) is 37.6 Å². The maximum absolute atomic E-state index is 6.11. The molecule has 1 fully saturated rings. The molecule has 2 rings (SSSR count). The van der Waals surface area contributed by atoms with E-state index in [9.17, 15) is 0 Å². The average molecular weight is 283 g/mol. The van der Waals surface area contributed by atoms with E-state index in [0.29, 0.717) is 6.10 Å². The third-order valence-corrected chi connectivity index (χ3v) is 3.75. The summed E-state index contributed by atoms with van der Waals surface area (Å²) >= 11 is 6.11. The van der Waals surface area contributed by atoms with Crippen molar-refractivity contribution in [2.24, 2.45) is 5.73 Å². The first-order valence-corrected chi connectivity index (χ1v) is 7.38. The van der Waals surface area contributed by atoms with Crippen molar-refractivity contribution >= 4 is 17.3 Å². The predicted octanol–water partition coefficient (Wildman–Crippen LogP) is 2.84. The van der Waals surface area contributed by atoms with Crippen LogP contribution in [-0.2, 0) is 11.2 Å². The number of morpholine rings is 1. The van der Waals surface area contributed by atoms with Crippen molar-refractivity contribution in [3.05, 3.63) is 28.8 Å². The predicted molar refractivity (Wildman–Crippen MR) is 81.0 cm³/mol. The molecule has 0 spiro atoms.